The fraction of sp³-hybridized carbons (Fsp3) is 0.304. The summed E-state index contributed by atoms with van der Waals surface area (Å²) in [7, 11) is 0. The Bertz CT molecular complexity index is 1030. The van der Waals surface area contributed by atoms with E-state index in [1.807, 2.05) is 0 Å². The molecule has 0 radical (unpaired) electrons. The Morgan fingerprint density at radius 3 is 2.53 bits per heavy atom. The molecule has 1 aliphatic rings. The standard InChI is InChI=1S/C23H23F3N2O4/c1-2-32-23(30)18(13-27-16-4-6-20(25)21(26)12-16)22(29)17-11-15(3-5-19(17)24)14-28-7-9-31-10-8-28/h3-6,11-13,29H,2,7-10,14H2,1H3. The third kappa shape index (κ3) is 5.95. The average molecular weight is 448 g/mol. The van der Waals surface area contributed by atoms with Crippen LogP contribution in [0.2, 0.25) is 0 Å². The molecule has 0 saturated carbocycles. The number of benzene rings is 2. The Kier molecular flexibility index (Phi) is 8.02. The highest BCUT2D eigenvalue weighted by Crippen LogP contribution is 2.23. The monoisotopic (exact) mass is 448 g/mol. The van der Waals surface area contributed by atoms with Crippen LogP contribution >= 0.6 is 0 Å². The molecule has 1 N–H and O–H groups in total. The van der Waals surface area contributed by atoms with Crippen LogP contribution in [0, 0.1) is 17.5 Å². The van der Waals surface area contributed by atoms with E-state index in [1.165, 1.54) is 18.2 Å². The highest BCUT2D eigenvalue weighted by molar-refractivity contribution is 6.15. The minimum Gasteiger partial charge on any atom is -0.506 e. The summed E-state index contributed by atoms with van der Waals surface area (Å²) in [5.74, 6) is -4.51. The van der Waals surface area contributed by atoms with Gasteiger partial charge in [-0.2, -0.15) is 0 Å². The molecular formula is C23H23F3N2O4. The predicted molar refractivity (Wildman–Crippen MR) is 113 cm³/mol. The molecule has 0 atom stereocenters. The predicted octanol–water partition coefficient (Wildman–Crippen LogP) is 4.17. The molecule has 0 aromatic heterocycles. The largest absolute Gasteiger partial charge is 0.506 e. The Morgan fingerprint density at radius 1 is 1.12 bits per heavy atom. The van der Waals surface area contributed by atoms with Gasteiger partial charge in [0, 0.05) is 31.9 Å². The van der Waals surface area contributed by atoms with E-state index in [0.717, 1.165) is 37.0 Å². The number of esters is 1. The molecule has 3 rings (SSSR count). The van der Waals surface area contributed by atoms with Gasteiger partial charge in [-0.15, -0.1) is 0 Å². The summed E-state index contributed by atoms with van der Waals surface area (Å²) in [5.41, 5.74) is 0.116. The van der Waals surface area contributed by atoms with Crippen LogP contribution in [0.15, 0.2) is 47.0 Å². The number of ether oxygens (including phenoxy) is 2. The second kappa shape index (κ2) is 10.9. The number of halogens is 3. The summed E-state index contributed by atoms with van der Waals surface area (Å²) in [5, 5.41) is 10.7. The maximum atomic E-state index is 14.6. The number of carbonyl (C=O) groups excluding carboxylic acids is 1. The van der Waals surface area contributed by atoms with E-state index in [2.05, 4.69) is 9.89 Å². The number of aliphatic hydroxyl groups is 1. The minimum absolute atomic E-state index is 0.0000357. The second-order valence-electron chi connectivity index (χ2n) is 7.04. The molecule has 1 aliphatic heterocycles. The molecule has 0 unspecified atom stereocenters. The zero-order valence-corrected chi connectivity index (χ0v) is 17.5. The van der Waals surface area contributed by atoms with Crippen molar-refractivity contribution in [2.45, 2.75) is 13.5 Å². The maximum absolute atomic E-state index is 14.6. The number of morpholine rings is 1. The highest BCUT2D eigenvalue weighted by atomic mass is 19.2. The lowest BCUT2D eigenvalue weighted by Crippen LogP contribution is -2.35. The van der Waals surface area contributed by atoms with Crippen molar-refractivity contribution in [2.24, 2.45) is 4.99 Å². The van der Waals surface area contributed by atoms with Crippen LogP contribution in [-0.2, 0) is 20.8 Å². The molecule has 2 aromatic carbocycles. The third-order valence-corrected chi connectivity index (χ3v) is 4.79. The number of hydrogen-bond donors (Lipinski definition) is 1. The molecule has 6 nitrogen and oxygen atoms in total. The van der Waals surface area contributed by atoms with Gasteiger partial charge in [-0.05, 0) is 36.8 Å². The molecule has 32 heavy (non-hydrogen) atoms. The molecule has 1 heterocycles. The number of hydrogen-bond acceptors (Lipinski definition) is 6. The topological polar surface area (TPSA) is 71.4 Å². The van der Waals surface area contributed by atoms with Gasteiger partial charge >= 0.3 is 5.97 Å². The van der Waals surface area contributed by atoms with Crippen molar-refractivity contribution in [3.63, 3.8) is 0 Å². The molecule has 170 valence electrons. The van der Waals surface area contributed by atoms with Gasteiger partial charge < -0.3 is 14.6 Å². The van der Waals surface area contributed by atoms with E-state index in [4.69, 9.17) is 9.47 Å². The van der Waals surface area contributed by atoms with Crippen molar-refractivity contribution in [3.05, 3.63) is 70.5 Å². The van der Waals surface area contributed by atoms with Gasteiger partial charge in [0.1, 0.15) is 17.1 Å². The van der Waals surface area contributed by atoms with Crippen molar-refractivity contribution in [1.82, 2.24) is 4.90 Å². The van der Waals surface area contributed by atoms with E-state index in [0.29, 0.717) is 19.8 Å². The lowest BCUT2D eigenvalue weighted by molar-refractivity contribution is -0.137. The normalized spacial score (nSPS) is 15.6. The van der Waals surface area contributed by atoms with Gasteiger partial charge in [0.05, 0.1) is 31.1 Å². The van der Waals surface area contributed by atoms with Crippen molar-refractivity contribution in [3.8, 4) is 0 Å². The number of carbonyl (C=O) groups is 1. The van der Waals surface area contributed by atoms with Gasteiger partial charge in [0.15, 0.2) is 11.6 Å². The van der Waals surface area contributed by atoms with Crippen LogP contribution in [0.4, 0.5) is 18.9 Å². The summed E-state index contributed by atoms with van der Waals surface area (Å²) in [4.78, 5) is 18.4. The van der Waals surface area contributed by atoms with Crippen LogP contribution in [0.25, 0.3) is 5.76 Å². The van der Waals surface area contributed by atoms with Crippen LogP contribution in [0.3, 0.4) is 0 Å². The summed E-state index contributed by atoms with van der Waals surface area (Å²) in [6, 6.07) is 7.15. The molecule has 1 fully saturated rings. The molecular weight excluding hydrogens is 425 g/mol. The van der Waals surface area contributed by atoms with E-state index in [-0.39, 0.29) is 17.9 Å². The molecule has 0 spiro atoms. The van der Waals surface area contributed by atoms with Gasteiger partial charge in [0.2, 0.25) is 0 Å². The first-order valence-electron chi connectivity index (χ1n) is 10.1. The van der Waals surface area contributed by atoms with Crippen molar-refractivity contribution < 1.29 is 32.5 Å². The molecule has 2 aromatic rings. The first-order valence-corrected chi connectivity index (χ1v) is 10.1. The zero-order valence-electron chi connectivity index (χ0n) is 17.5. The fourth-order valence-corrected chi connectivity index (χ4v) is 3.14. The number of aliphatic hydroxyl groups excluding tert-OH is 1. The smallest absolute Gasteiger partial charge is 0.343 e. The van der Waals surface area contributed by atoms with E-state index >= 15 is 0 Å². The second-order valence-corrected chi connectivity index (χ2v) is 7.04. The Labute approximate surface area is 183 Å². The first-order chi connectivity index (χ1) is 15.4. The molecule has 0 bridgehead atoms. The molecule has 9 heteroatoms. The third-order valence-electron chi connectivity index (χ3n) is 4.79. The van der Waals surface area contributed by atoms with Gasteiger partial charge in [-0.25, -0.2) is 18.0 Å². The van der Waals surface area contributed by atoms with Crippen molar-refractivity contribution >= 4 is 23.6 Å². The van der Waals surface area contributed by atoms with Gasteiger partial charge in [-0.3, -0.25) is 9.89 Å². The molecule has 1 saturated heterocycles. The number of aliphatic imine (C=N–C) groups is 1. The highest BCUT2D eigenvalue weighted by Gasteiger charge is 2.20. The maximum Gasteiger partial charge on any atom is 0.343 e. The van der Waals surface area contributed by atoms with E-state index in [9.17, 15) is 23.1 Å². The summed E-state index contributed by atoms with van der Waals surface area (Å²) in [6.45, 7) is 4.75. The van der Waals surface area contributed by atoms with Gasteiger partial charge in [0.25, 0.3) is 0 Å². The Morgan fingerprint density at radius 2 is 1.84 bits per heavy atom. The molecule has 0 aliphatic carbocycles. The lowest BCUT2D eigenvalue weighted by Gasteiger charge is -2.26. The van der Waals surface area contributed by atoms with Crippen molar-refractivity contribution in [2.75, 3.05) is 32.9 Å². The summed E-state index contributed by atoms with van der Waals surface area (Å²) >= 11 is 0. The average Bonchev–Trinajstić information content (AvgIpc) is 2.78. The minimum atomic E-state index is -1.12. The SMILES string of the molecule is CCOC(=O)C(C=Nc1ccc(F)c(F)c1)=C(O)c1cc(CN2CCOCC2)ccc1F. The van der Waals surface area contributed by atoms with Crippen LogP contribution < -0.4 is 0 Å². The van der Waals surface area contributed by atoms with Gasteiger partial charge in [-0.1, -0.05) is 6.07 Å². The lowest BCUT2D eigenvalue weighted by atomic mass is 10.0. The Hall–Kier alpha value is -3.17. The van der Waals surface area contributed by atoms with Crippen molar-refractivity contribution in [1.29, 1.82) is 0 Å². The first kappa shape index (κ1) is 23.5. The van der Waals surface area contributed by atoms with Crippen LogP contribution in [0.5, 0.6) is 0 Å². The molecule has 0 amide bonds. The number of rotatable bonds is 7. The number of nitrogens with zero attached hydrogens (tertiary/aromatic N) is 2. The van der Waals surface area contributed by atoms with Crippen LogP contribution in [-0.4, -0.2) is 55.1 Å². The van der Waals surface area contributed by atoms with E-state index < -0.39 is 34.8 Å². The summed E-state index contributed by atoms with van der Waals surface area (Å²) in [6.07, 6.45) is 0.939. The van der Waals surface area contributed by atoms with Crippen LogP contribution in [0.1, 0.15) is 18.1 Å². The zero-order chi connectivity index (χ0) is 23.1. The van der Waals surface area contributed by atoms with E-state index in [1.54, 1.807) is 13.0 Å². The summed E-state index contributed by atoms with van der Waals surface area (Å²) < 4.78 is 51.4. The Balaban J connectivity index is 1.95. The fourth-order valence-electron chi connectivity index (χ4n) is 3.14. The quantitative estimate of drug-likeness (QED) is 0.298.